The molecule has 6 heterocycles. The van der Waals surface area contributed by atoms with Crippen LogP contribution in [0.4, 0.5) is 0 Å². The Kier molecular flexibility index (Phi) is 5.36. The first-order valence-corrected chi connectivity index (χ1v) is 14.0. The summed E-state index contributed by atoms with van der Waals surface area (Å²) in [6.07, 6.45) is 2.85. The van der Waals surface area contributed by atoms with Crippen molar-refractivity contribution in [3.05, 3.63) is 80.1 Å². The van der Waals surface area contributed by atoms with Gasteiger partial charge in [-0.2, -0.15) is 5.10 Å². The molecule has 0 saturated carbocycles. The fraction of sp³-hybridized carbons (Fsp3) is 0.393. The Balaban J connectivity index is 1.16. The smallest absolute Gasteiger partial charge is 0.265 e. The van der Waals surface area contributed by atoms with Gasteiger partial charge in [0.25, 0.3) is 11.1 Å². The lowest BCUT2D eigenvalue weighted by molar-refractivity contribution is -0.134. The molecular formula is C28H28N6O3S. The third-order valence-electron chi connectivity index (χ3n) is 8.19. The van der Waals surface area contributed by atoms with Crippen molar-refractivity contribution in [3.8, 4) is 5.69 Å². The molecule has 4 aromatic rings. The highest BCUT2D eigenvalue weighted by atomic mass is 32.2. The van der Waals surface area contributed by atoms with Gasteiger partial charge in [0, 0.05) is 49.5 Å². The number of fused-ring (bicyclic) bond motifs is 6. The van der Waals surface area contributed by atoms with Gasteiger partial charge in [0.15, 0.2) is 10.8 Å². The van der Waals surface area contributed by atoms with Crippen LogP contribution in [-0.4, -0.2) is 53.5 Å². The minimum absolute atomic E-state index is 0.0376. The summed E-state index contributed by atoms with van der Waals surface area (Å²) in [7, 11) is 0. The number of hydrogen-bond acceptors (Lipinski definition) is 6. The first kappa shape index (κ1) is 23.5. The first-order valence-electron chi connectivity index (χ1n) is 13.1. The van der Waals surface area contributed by atoms with Crippen molar-refractivity contribution in [2.45, 2.75) is 50.4 Å². The number of carbonyl (C=O) groups is 1. The van der Waals surface area contributed by atoms with Crippen LogP contribution in [0.3, 0.4) is 0 Å². The van der Waals surface area contributed by atoms with Gasteiger partial charge in [-0.15, -0.1) is 0 Å². The Labute approximate surface area is 223 Å². The molecule has 194 valence electrons. The molecule has 7 rings (SSSR count). The maximum absolute atomic E-state index is 13.6. The summed E-state index contributed by atoms with van der Waals surface area (Å²) < 4.78 is 5.30. The van der Waals surface area contributed by atoms with Crippen LogP contribution < -0.4 is 11.1 Å². The number of aryl methyl sites for hydroxylation is 2. The van der Waals surface area contributed by atoms with Crippen molar-refractivity contribution < 1.29 is 4.79 Å². The molecule has 1 amide bonds. The van der Waals surface area contributed by atoms with E-state index in [0.717, 1.165) is 28.9 Å². The van der Waals surface area contributed by atoms with Crippen LogP contribution in [0, 0.1) is 19.8 Å². The van der Waals surface area contributed by atoms with Gasteiger partial charge in [0.1, 0.15) is 5.39 Å². The summed E-state index contributed by atoms with van der Waals surface area (Å²) in [5.74, 6) is 1.14. The van der Waals surface area contributed by atoms with Crippen LogP contribution in [0.5, 0.6) is 0 Å². The van der Waals surface area contributed by atoms with Gasteiger partial charge in [-0.1, -0.05) is 35.5 Å². The molecule has 0 aliphatic carbocycles. The molecule has 0 N–H and O–H groups in total. The number of benzene rings is 1. The topological polar surface area (TPSA) is 95.0 Å². The van der Waals surface area contributed by atoms with Crippen LogP contribution in [0.2, 0.25) is 0 Å². The number of aromatic nitrogens is 5. The molecule has 38 heavy (non-hydrogen) atoms. The van der Waals surface area contributed by atoms with Crippen molar-refractivity contribution in [2.24, 2.45) is 5.92 Å². The SMILES string of the molecule is Cc1ccc(-n2ncc3c(=O)n4c(nc32)SCC4CC(=O)N2CC3CC(C2)c2cccc(=O)n2C3)c(C)c1. The van der Waals surface area contributed by atoms with E-state index in [9.17, 15) is 14.4 Å². The molecule has 9 nitrogen and oxygen atoms in total. The third-order valence-corrected chi connectivity index (χ3v) is 9.29. The average molecular weight is 529 g/mol. The van der Waals surface area contributed by atoms with E-state index in [0.29, 0.717) is 41.6 Å². The van der Waals surface area contributed by atoms with Gasteiger partial charge in [0.05, 0.1) is 17.9 Å². The molecule has 3 atom stereocenters. The minimum Gasteiger partial charge on any atom is -0.342 e. The van der Waals surface area contributed by atoms with E-state index < -0.39 is 0 Å². The Hall–Kier alpha value is -3.66. The zero-order valence-electron chi connectivity index (χ0n) is 21.3. The number of amides is 1. The molecule has 1 fully saturated rings. The molecule has 0 spiro atoms. The van der Waals surface area contributed by atoms with E-state index >= 15 is 0 Å². The Morgan fingerprint density at radius 1 is 1.11 bits per heavy atom. The Morgan fingerprint density at radius 3 is 2.82 bits per heavy atom. The predicted molar refractivity (Wildman–Crippen MR) is 145 cm³/mol. The number of rotatable bonds is 3. The monoisotopic (exact) mass is 528 g/mol. The quantitative estimate of drug-likeness (QED) is 0.380. The van der Waals surface area contributed by atoms with E-state index in [2.05, 4.69) is 11.2 Å². The number of pyridine rings is 1. The number of nitrogens with zero attached hydrogens (tertiary/aromatic N) is 6. The second-order valence-corrected chi connectivity index (χ2v) is 11.8. The number of piperidine rings is 1. The van der Waals surface area contributed by atoms with Crippen LogP contribution in [0.25, 0.3) is 16.7 Å². The zero-order chi connectivity index (χ0) is 26.1. The van der Waals surface area contributed by atoms with Gasteiger partial charge in [-0.3, -0.25) is 19.0 Å². The Morgan fingerprint density at radius 2 is 1.97 bits per heavy atom. The summed E-state index contributed by atoms with van der Waals surface area (Å²) in [6, 6.07) is 11.3. The van der Waals surface area contributed by atoms with Crippen molar-refractivity contribution >= 4 is 28.7 Å². The van der Waals surface area contributed by atoms with Crippen molar-refractivity contribution in [1.29, 1.82) is 0 Å². The lowest BCUT2D eigenvalue weighted by atomic mass is 9.83. The standard InChI is InChI=1S/C28H28N6O3S/c1-16-6-7-22(17(2)8-16)34-26-21(11-29-34)27(37)33-20(15-38-28(33)30-26)10-25(36)31-12-18-9-19(14-31)23-4-3-5-24(35)32(23)13-18/h3-8,11,18-20H,9-10,12-15H2,1-2H3. The molecule has 2 bridgehead atoms. The molecule has 3 aromatic heterocycles. The maximum Gasteiger partial charge on any atom is 0.265 e. The van der Waals surface area contributed by atoms with E-state index in [4.69, 9.17) is 4.98 Å². The van der Waals surface area contributed by atoms with Crippen LogP contribution in [-0.2, 0) is 11.3 Å². The van der Waals surface area contributed by atoms with E-state index in [-0.39, 0.29) is 41.3 Å². The lowest BCUT2D eigenvalue weighted by Gasteiger charge is -2.43. The van der Waals surface area contributed by atoms with Gasteiger partial charge < -0.3 is 9.47 Å². The summed E-state index contributed by atoms with van der Waals surface area (Å²) >= 11 is 1.52. The summed E-state index contributed by atoms with van der Waals surface area (Å²) in [5, 5.41) is 5.60. The molecule has 3 unspecified atom stereocenters. The second kappa shape index (κ2) is 8.69. The van der Waals surface area contributed by atoms with Gasteiger partial charge in [-0.05, 0) is 43.9 Å². The number of hydrogen-bond donors (Lipinski definition) is 0. The summed E-state index contributed by atoms with van der Waals surface area (Å²) in [4.78, 5) is 46.2. The van der Waals surface area contributed by atoms with Crippen molar-refractivity contribution in [1.82, 2.24) is 28.8 Å². The van der Waals surface area contributed by atoms with Crippen LogP contribution in [0.15, 0.2) is 57.3 Å². The first-order chi connectivity index (χ1) is 18.4. The Bertz CT molecular complexity index is 1740. The van der Waals surface area contributed by atoms with Crippen LogP contribution >= 0.6 is 11.8 Å². The summed E-state index contributed by atoms with van der Waals surface area (Å²) in [6.45, 7) is 5.99. The molecular weight excluding hydrogens is 500 g/mol. The fourth-order valence-corrected chi connectivity index (χ4v) is 7.56. The number of thioether (sulfide) groups is 1. The highest BCUT2D eigenvalue weighted by Gasteiger charge is 2.38. The van der Waals surface area contributed by atoms with E-state index in [1.807, 2.05) is 47.6 Å². The van der Waals surface area contributed by atoms with Gasteiger partial charge in [0.2, 0.25) is 5.91 Å². The highest BCUT2D eigenvalue weighted by molar-refractivity contribution is 7.99. The largest absolute Gasteiger partial charge is 0.342 e. The maximum atomic E-state index is 13.6. The number of likely N-dealkylation sites (tertiary alicyclic amines) is 1. The predicted octanol–water partition coefficient (Wildman–Crippen LogP) is 3.04. The molecule has 0 radical (unpaired) electrons. The van der Waals surface area contributed by atoms with Gasteiger partial charge in [-0.25, -0.2) is 9.67 Å². The highest BCUT2D eigenvalue weighted by Crippen LogP contribution is 2.37. The van der Waals surface area contributed by atoms with Crippen LogP contribution in [0.1, 0.15) is 41.6 Å². The molecule has 1 aromatic carbocycles. The third kappa shape index (κ3) is 3.65. The van der Waals surface area contributed by atoms with Crippen molar-refractivity contribution in [2.75, 3.05) is 18.8 Å². The zero-order valence-corrected chi connectivity index (χ0v) is 22.1. The van der Waals surface area contributed by atoms with Crippen molar-refractivity contribution in [3.63, 3.8) is 0 Å². The summed E-state index contributed by atoms with van der Waals surface area (Å²) in [5.41, 5.74) is 4.59. The normalized spacial score (nSPS) is 21.9. The second-order valence-electron chi connectivity index (χ2n) is 10.8. The van der Waals surface area contributed by atoms with E-state index in [1.165, 1.54) is 11.8 Å². The molecule has 10 heteroatoms. The molecule has 3 aliphatic heterocycles. The van der Waals surface area contributed by atoms with E-state index in [1.54, 1.807) is 21.5 Å². The van der Waals surface area contributed by atoms with Gasteiger partial charge >= 0.3 is 0 Å². The molecule has 3 aliphatic rings. The molecule has 1 saturated heterocycles. The fourth-order valence-electron chi connectivity index (χ4n) is 6.43. The number of carbonyl (C=O) groups excluding carboxylic acids is 1. The lowest BCUT2D eigenvalue weighted by Crippen LogP contribution is -2.49. The average Bonchev–Trinajstić information content (AvgIpc) is 3.49. The minimum atomic E-state index is -0.243.